The first-order chi connectivity index (χ1) is 7.81. The molecule has 0 saturated heterocycles. The molecule has 0 atom stereocenters. The molecule has 0 fully saturated rings. The molecule has 1 aromatic heterocycles. The van der Waals surface area contributed by atoms with Crippen LogP contribution in [0.4, 0.5) is 13.2 Å². The predicted octanol–water partition coefficient (Wildman–Crippen LogP) is -0.301. The largest absolute Gasteiger partial charge is 0.401 e. The van der Waals surface area contributed by atoms with Crippen LogP contribution in [-0.4, -0.2) is 28.4 Å². The maximum absolute atomic E-state index is 11.8. The van der Waals surface area contributed by atoms with Gasteiger partial charge < -0.3 is 14.5 Å². The van der Waals surface area contributed by atoms with E-state index in [4.69, 9.17) is 0 Å². The highest BCUT2D eigenvalue weighted by atomic mass is 19.4. The van der Waals surface area contributed by atoms with Crippen LogP contribution in [-0.2, 0) is 13.6 Å². The van der Waals surface area contributed by atoms with Gasteiger partial charge in [0, 0.05) is 32.5 Å². The summed E-state index contributed by atoms with van der Waals surface area (Å²) in [7, 11) is 1.43. The molecular formula is C9H12F3N3O2. The van der Waals surface area contributed by atoms with Crippen molar-refractivity contribution in [3.8, 4) is 0 Å². The van der Waals surface area contributed by atoms with Crippen LogP contribution in [0, 0.1) is 0 Å². The summed E-state index contributed by atoms with van der Waals surface area (Å²) in [6.07, 6.45) is -1.54. The average molecular weight is 251 g/mol. The lowest BCUT2D eigenvalue weighted by Gasteiger charge is -2.09. The van der Waals surface area contributed by atoms with Crippen LogP contribution in [0.3, 0.4) is 0 Å². The van der Waals surface area contributed by atoms with E-state index in [-0.39, 0.29) is 13.1 Å². The maximum Gasteiger partial charge on any atom is 0.401 e. The van der Waals surface area contributed by atoms with Gasteiger partial charge in [-0.3, -0.25) is 9.59 Å². The van der Waals surface area contributed by atoms with Crippen LogP contribution < -0.4 is 16.4 Å². The molecule has 1 heterocycles. The second-order valence-corrected chi connectivity index (χ2v) is 3.50. The number of aryl methyl sites for hydroxylation is 1. The van der Waals surface area contributed by atoms with Crippen molar-refractivity contribution in [1.82, 2.24) is 14.5 Å². The molecule has 1 aromatic rings. The summed E-state index contributed by atoms with van der Waals surface area (Å²) in [5.74, 6) is 0. The Morgan fingerprint density at radius 1 is 1.24 bits per heavy atom. The third-order valence-electron chi connectivity index (χ3n) is 2.09. The van der Waals surface area contributed by atoms with Crippen LogP contribution in [0.25, 0.3) is 0 Å². The summed E-state index contributed by atoms with van der Waals surface area (Å²) < 4.78 is 37.6. The number of nitrogens with one attached hydrogen (secondary N) is 1. The van der Waals surface area contributed by atoms with Gasteiger partial charge in [-0.25, -0.2) is 0 Å². The molecule has 8 heteroatoms. The molecule has 1 rings (SSSR count). The van der Waals surface area contributed by atoms with Crippen LogP contribution in [0.5, 0.6) is 0 Å². The van der Waals surface area contributed by atoms with Crippen molar-refractivity contribution in [3.05, 3.63) is 33.1 Å². The topological polar surface area (TPSA) is 56.0 Å². The normalized spacial score (nSPS) is 11.8. The number of rotatable bonds is 4. The van der Waals surface area contributed by atoms with E-state index in [1.807, 2.05) is 0 Å². The summed E-state index contributed by atoms with van der Waals surface area (Å²) in [6.45, 7) is -1.13. The second-order valence-electron chi connectivity index (χ2n) is 3.50. The lowest BCUT2D eigenvalue weighted by molar-refractivity contribution is -0.124. The van der Waals surface area contributed by atoms with Gasteiger partial charge >= 0.3 is 17.3 Å². The Labute approximate surface area is 94.5 Å². The molecule has 0 saturated carbocycles. The highest BCUT2D eigenvalue weighted by Gasteiger charge is 2.25. The molecular weight excluding hydrogens is 239 g/mol. The fourth-order valence-electron chi connectivity index (χ4n) is 1.20. The monoisotopic (exact) mass is 251 g/mol. The summed E-state index contributed by atoms with van der Waals surface area (Å²) in [4.78, 5) is 22.6. The number of aromatic nitrogens is 2. The maximum atomic E-state index is 11.8. The van der Waals surface area contributed by atoms with Crippen LogP contribution >= 0.6 is 0 Å². The van der Waals surface area contributed by atoms with Crippen molar-refractivity contribution in [2.45, 2.75) is 12.7 Å². The number of alkyl halides is 3. The van der Waals surface area contributed by atoms with Gasteiger partial charge in [-0.15, -0.1) is 0 Å². The van der Waals surface area contributed by atoms with Gasteiger partial charge in [0.2, 0.25) is 0 Å². The Hall–Kier alpha value is -1.57. The van der Waals surface area contributed by atoms with Gasteiger partial charge in [-0.1, -0.05) is 0 Å². The van der Waals surface area contributed by atoms with Crippen molar-refractivity contribution in [1.29, 1.82) is 0 Å². The Morgan fingerprint density at radius 3 is 2.47 bits per heavy atom. The molecule has 0 bridgehead atoms. The Morgan fingerprint density at radius 2 is 1.88 bits per heavy atom. The van der Waals surface area contributed by atoms with Crippen molar-refractivity contribution < 1.29 is 13.2 Å². The summed E-state index contributed by atoms with van der Waals surface area (Å²) in [6, 6.07) is 0. The quantitative estimate of drug-likeness (QED) is 0.590. The summed E-state index contributed by atoms with van der Waals surface area (Å²) in [5.41, 5.74) is -1.45. The second kappa shape index (κ2) is 5.17. The van der Waals surface area contributed by atoms with Crippen LogP contribution in [0.2, 0.25) is 0 Å². The van der Waals surface area contributed by atoms with E-state index in [1.54, 1.807) is 0 Å². The van der Waals surface area contributed by atoms with E-state index in [0.717, 1.165) is 9.13 Å². The first kappa shape index (κ1) is 13.5. The van der Waals surface area contributed by atoms with Crippen molar-refractivity contribution in [2.24, 2.45) is 7.05 Å². The van der Waals surface area contributed by atoms with Gasteiger partial charge in [0.15, 0.2) is 0 Å². The van der Waals surface area contributed by atoms with E-state index < -0.39 is 23.8 Å². The Balaban J connectivity index is 2.57. The standard InChI is InChI=1S/C9H12F3N3O2/c1-14-4-5-15(8(17)7(14)16)3-2-13-6-9(10,11)12/h4-5,13H,2-3,6H2,1H3. The van der Waals surface area contributed by atoms with E-state index in [2.05, 4.69) is 5.32 Å². The molecule has 5 nitrogen and oxygen atoms in total. The molecule has 0 spiro atoms. The highest BCUT2D eigenvalue weighted by Crippen LogP contribution is 2.11. The minimum absolute atomic E-state index is 0.0188. The Bertz CT molecular complexity index is 489. The number of nitrogens with zero attached hydrogens (tertiary/aromatic N) is 2. The number of hydrogen-bond acceptors (Lipinski definition) is 3. The van der Waals surface area contributed by atoms with Gasteiger partial charge in [0.05, 0.1) is 6.54 Å². The molecule has 1 N–H and O–H groups in total. The molecule has 17 heavy (non-hydrogen) atoms. The molecule has 0 aliphatic carbocycles. The number of hydrogen-bond donors (Lipinski definition) is 1. The zero-order valence-corrected chi connectivity index (χ0v) is 9.12. The van der Waals surface area contributed by atoms with Crippen LogP contribution in [0.15, 0.2) is 22.0 Å². The molecule has 96 valence electrons. The third kappa shape index (κ3) is 4.06. The van der Waals surface area contributed by atoms with E-state index in [1.165, 1.54) is 19.4 Å². The Kier molecular flexibility index (Phi) is 4.11. The third-order valence-corrected chi connectivity index (χ3v) is 2.09. The molecule has 0 amide bonds. The zero-order valence-electron chi connectivity index (χ0n) is 9.12. The fourth-order valence-corrected chi connectivity index (χ4v) is 1.20. The van der Waals surface area contributed by atoms with Gasteiger partial charge in [0.1, 0.15) is 0 Å². The SMILES string of the molecule is Cn1ccn(CCNCC(F)(F)F)c(=O)c1=O. The fraction of sp³-hybridized carbons (Fsp3) is 0.556. The first-order valence-corrected chi connectivity index (χ1v) is 4.85. The highest BCUT2D eigenvalue weighted by molar-refractivity contribution is 4.84. The summed E-state index contributed by atoms with van der Waals surface area (Å²) >= 11 is 0. The zero-order chi connectivity index (χ0) is 13.1. The minimum Gasteiger partial charge on any atom is -0.312 e. The molecule has 0 aromatic carbocycles. The van der Waals surface area contributed by atoms with E-state index in [0.29, 0.717) is 0 Å². The lowest BCUT2D eigenvalue weighted by Crippen LogP contribution is -2.41. The molecule has 0 radical (unpaired) electrons. The van der Waals surface area contributed by atoms with E-state index >= 15 is 0 Å². The average Bonchev–Trinajstić information content (AvgIpc) is 2.22. The lowest BCUT2D eigenvalue weighted by atomic mass is 10.5. The van der Waals surface area contributed by atoms with Crippen LogP contribution in [0.1, 0.15) is 0 Å². The van der Waals surface area contributed by atoms with Crippen molar-refractivity contribution in [2.75, 3.05) is 13.1 Å². The van der Waals surface area contributed by atoms with Gasteiger partial charge in [-0.2, -0.15) is 13.2 Å². The summed E-state index contributed by atoms with van der Waals surface area (Å²) in [5, 5.41) is 2.14. The van der Waals surface area contributed by atoms with Crippen molar-refractivity contribution >= 4 is 0 Å². The van der Waals surface area contributed by atoms with Gasteiger partial charge in [-0.05, 0) is 0 Å². The number of halogens is 3. The minimum atomic E-state index is -4.28. The van der Waals surface area contributed by atoms with Crippen molar-refractivity contribution in [3.63, 3.8) is 0 Å². The van der Waals surface area contributed by atoms with E-state index in [9.17, 15) is 22.8 Å². The first-order valence-electron chi connectivity index (χ1n) is 4.85. The van der Waals surface area contributed by atoms with Gasteiger partial charge in [0.25, 0.3) is 0 Å². The molecule has 0 aliphatic heterocycles. The molecule has 0 aliphatic rings. The smallest absolute Gasteiger partial charge is 0.312 e. The molecule has 0 unspecified atom stereocenters. The predicted molar refractivity (Wildman–Crippen MR) is 54.9 cm³/mol.